The first kappa shape index (κ1) is 12.7. The van der Waals surface area contributed by atoms with Crippen molar-refractivity contribution in [2.75, 3.05) is 5.73 Å². The molecule has 0 saturated heterocycles. The van der Waals surface area contributed by atoms with Crippen molar-refractivity contribution in [2.24, 2.45) is 0 Å². The van der Waals surface area contributed by atoms with Gasteiger partial charge in [0.05, 0.1) is 11.7 Å². The number of fused-ring (bicyclic) bond motifs is 1. The lowest BCUT2D eigenvalue weighted by Gasteiger charge is -2.04. The highest BCUT2D eigenvalue weighted by Gasteiger charge is 2.04. The lowest BCUT2D eigenvalue weighted by Crippen LogP contribution is -1.85. The average molecular weight is 285 g/mol. The van der Waals surface area contributed by atoms with E-state index in [1.54, 1.807) is 0 Å². The quantitative estimate of drug-likeness (QED) is 0.533. The predicted molar refractivity (Wildman–Crippen MR) is 91.4 cm³/mol. The molecule has 2 aromatic carbocycles. The molecule has 0 aliphatic carbocycles. The molecule has 0 spiro atoms. The summed E-state index contributed by atoms with van der Waals surface area (Å²) >= 11 is 0. The number of rotatable bonds is 2. The largest absolute Gasteiger partial charge is 0.399 e. The molecular formula is C19H15N3. The summed E-state index contributed by atoms with van der Waals surface area (Å²) in [6, 6.07) is 20.6. The van der Waals surface area contributed by atoms with Crippen molar-refractivity contribution in [1.29, 1.82) is 0 Å². The molecule has 0 aliphatic rings. The lowest BCUT2D eigenvalue weighted by atomic mass is 10.0. The summed E-state index contributed by atoms with van der Waals surface area (Å²) in [4.78, 5) is 7.54. The van der Waals surface area contributed by atoms with Crippen LogP contribution in [0.3, 0.4) is 0 Å². The smallest absolute Gasteiger partial charge is 0.0645 e. The molecule has 106 valence electrons. The van der Waals surface area contributed by atoms with Crippen molar-refractivity contribution in [1.82, 2.24) is 9.97 Å². The van der Waals surface area contributed by atoms with Crippen LogP contribution in [0.15, 0.2) is 73.1 Å². The zero-order valence-corrected chi connectivity index (χ0v) is 12.0. The summed E-state index contributed by atoms with van der Waals surface area (Å²) < 4.78 is 0. The molecule has 22 heavy (non-hydrogen) atoms. The molecule has 2 aromatic heterocycles. The predicted octanol–water partition coefficient (Wildman–Crippen LogP) is 4.48. The number of H-pyrrole nitrogens is 1. The summed E-state index contributed by atoms with van der Waals surface area (Å²) in [6.45, 7) is 0. The molecule has 0 unspecified atom stereocenters. The van der Waals surface area contributed by atoms with Gasteiger partial charge >= 0.3 is 0 Å². The van der Waals surface area contributed by atoms with E-state index in [1.165, 1.54) is 5.39 Å². The van der Waals surface area contributed by atoms with Gasteiger partial charge in [0.15, 0.2) is 0 Å². The van der Waals surface area contributed by atoms with E-state index in [0.29, 0.717) is 0 Å². The first-order chi connectivity index (χ1) is 10.8. The number of nitrogens with one attached hydrogen (secondary N) is 1. The zero-order chi connectivity index (χ0) is 14.9. The SMILES string of the molecule is Nc1cccc(-c2ccc(-c3cc4ccncc4[nH]3)cc2)c1. The molecule has 3 N–H and O–H groups in total. The van der Waals surface area contributed by atoms with Gasteiger partial charge in [0.25, 0.3) is 0 Å². The Morgan fingerprint density at radius 1 is 0.818 bits per heavy atom. The number of aromatic nitrogens is 2. The molecule has 4 rings (SSSR count). The summed E-state index contributed by atoms with van der Waals surface area (Å²) in [5.74, 6) is 0. The van der Waals surface area contributed by atoms with Crippen LogP contribution in [0.2, 0.25) is 0 Å². The van der Waals surface area contributed by atoms with Gasteiger partial charge in [-0.25, -0.2) is 0 Å². The normalized spacial score (nSPS) is 10.9. The van der Waals surface area contributed by atoms with Crippen LogP contribution in [-0.2, 0) is 0 Å². The van der Waals surface area contributed by atoms with Crippen molar-refractivity contribution < 1.29 is 0 Å². The summed E-state index contributed by atoms with van der Waals surface area (Å²) in [6.07, 6.45) is 3.66. The third-order valence-corrected chi connectivity index (χ3v) is 3.84. The highest BCUT2D eigenvalue weighted by atomic mass is 14.7. The van der Waals surface area contributed by atoms with E-state index < -0.39 is 0 Å². The van der Waals surface area contributed by atoms with Crippen molar-refractivity contribution in [3.05, 3.63) is 73.1 Å². The molecule has 0 atom stereocenters. The van der Waals surface area contributed by atoms with Gasteiger partial charge in [-0.05, 0) is 41.0 Å². The summed E-state index contributed by atoms with van der Waals surface area (Å²) in [5.41, 5.74) is 12.2. The third-order valence-electron chi connectivity index (χ3n) is 3.84. The van der Waals surface area contributed by atoms with E-state index >= 15 is 0 Å². The molecule has 0 radical (unpaired) electrons. The monoisotopic (exact) mass is 285 g/mol. The van der Waals surface area contributed by atoms with E-state index in [1.807, 2.05) is 36.7 Å². The van der Waals surface area contributed by atoms with E-state index in [9.17, 15) is 0 Å². The molecule has 3 nitrogen and oxygen atoms in total. The molecule has 0 amide bonds. The fourth-order valence-corrected chi connectivity index (χ4v) is 2.69. The van der Waals surface area contributed by atoms with Crippen molar-refractivity contribution >= 4 is 16.6 Å². The van der Waals surface area contributed by atoms with Gasteiger partial charge in [-0.1, -0.05) is 36.4 Å². The number of hydrogen-bond donors (Lipinski definition) is 2. The highest BCUT2D eigenvalue weighted by Crippen LogP contribution is 2.27. The molecule has 2 heterocycles. The fraction of sp³-hybridized carbons (Fsp3) is 0. The minimum Gasteiger partial charge on any atom is -0.399 e. The Hall–Kier alpha value is -3.07. The number of hydrogen-bond acceptors (Lipinski definition) is 2. The Balaban J connectivity index is 1.72. The van der Waals surface area contributed by atoms with Crippen LogP contribution < -0.4 is 5.73 Å². The number of anilines is 1. The Morgan fingerprint density at radius 2 is 1.64 bits per heavy atom. The second-order valence-electron chi connectivity index (χ2n) is 5.35. The minimum atomic E-state index is 0.782. The maximum atomic E-state index is 5.85. The summed E-state index contributed by atoms with van der Waals surface area (Å²) in [7, 11) is 0. The fourth-order valence-electron chi connectivity index (χ4n) is 2.69. The second-order valence-corrected chi connectivity index (χ2v) is 5.35. The van der Waals surface area contributed by atoms with E-state index in [4.69, 9.17) is 5.73 Å². The van der Waals surface area contributed by atoms with Gasteiger partial charge in [-0.2, -0.15) is 0 Å². The number of nitrogen functional groups attached to an aromatic ring is 1. The van der Waals surface area contributed by atoms with Gasteiger partial charge in [-0.3, -0.25) is 4.98 Å². The van der Waals surface area contributed by atoms with Crippen LogP contribution in [0, 0.1) is 0 Å². The first-order valence-electron chi connectivity index (χ1n) is 7.19. The van der Waals surface area contributed by atoms with E-state index in [0.717, 1.165) is 33.6 Å². The molecule has 0 bridgehead atoms. The Morgan fingerprint density at radius 3 is 2.41 bits per heavy atom. The van der Waals surface area contributed by atoms with Gasteiger partial charge in [0.1, 0.15) is 0 Å². The van der Waals surface area contributed by atoms with Gasteiger partial charge in [0.2, 0.25) is 0 Å². The number of pyridine rings is 1. The molecular weight excluding hydrogens is 270 g/mol. The molecule has 0 saturated carbocycles. The van der Waals surface area contributed by atoms with Crippen LogP contribution in [0.5, 0.6) is 0 Å². The van der Waals surface area contributed by atoms with Crippen molar-refractivity contribution in [2.45, 2.75) is 0 Å². The third kappa shape index (κ3) is 2.23. The summed E-state index contributed by atoms with van der Waals surface area (Å²) in [5, 5.41) is 1.17. The number of nitrogens with two attached hydrogens (primary N) is 1. The topological polar surface area (TPSA) is 54.7 Å². The molecule has 0 fully saturated rings. The second kappa shape index (κ2) is 5.04. The number of aromatic amines is 1. The lowest BCUT2D eigenvalue weighted by molar-refractivity contribution is 1.34. The van der Waals surface area contributed by atoms with Crippen LogP contribution in [0.25, 0.3) is 33.3 Å². The maximum Gasteiger partial charge on any atom is 0.0645 e. The van der Waals surface area contributed by atoms with Gasteiger partial charge < -0.3 is 10.7 Å². The molecule has 3 heteroatoms. The minimum absolute atomic E-state index is 0.782. The average Bonchev–Trinajstić information content (AvgIpc) is 2.99. The first-order valence-corrected chi connectivity index (χ1v) is 7.19. The van der Waals surface area contributed by atoms with Gasteiger partial charge in [-0.15, -0.1) is 0 Å². The Labute approximate surface area is 128 Å². The maximum absolute atomic E-state index is 5.85. The van der Waals surface area contributed by atoms with E-state index in [2.05, 4.69) is 46.4 Å². The van der Waals surface area contributed by atoms with Crippen LogP contribution >= 0.6 is 0 Å². The molecule has 4 aromatic rings. The van der Waals surface area contributed by atoms with Crippen molar-refractivity contribution in [3.8, 4) is 22.4 Å². The van der Waals surface area contributed by atoms with Crippen LogP contribution in [0.4, 0.5) is 5.69 Å². The van der Waals surface area contributed by atoms with Crippen LogP contribution in [-0.4, -0.2) is 9.97 Å². The molecule has 0 aliphatic heterocycles. The standard InChI is InChI=1S/C19H15N3/c20-17-3-1-2-15(10-17)13-4-6-14(7-5-13)18-11-16-8-9-21-12-19(16)22-18/h1-12,22H,20H2. The highest BCUT2D eigenvalue weighted by molar-refractivity contribution is 5.85. The number of benzene rings is 2. The Bertz CT molecular complexity index is 903. The Kier molecular flexibility index (Phi) is 2.90. The van der Waals surface area contributed by atoms with Gasteiger partial charge in [0, 0.05) is 23.0 Å². The van der Waals surface area contributed by atoms with Crippen molar-refractivity contribution in [3.63, 3.8) is 0 Å². The number of nitrogens with zero attached hydrogens (tertiary/aromatic N) is 1. The van der Waals surface area contributed by atoms with Crippen LogP contribution in [0.1, 0.15) is 0 Å². The van der Waals surface area contributed by atoms with E-state index in [-0.39, 0.29) is 0 Å². The zero-order valence-electron chi connectivity index (χ0n) is 12.0.